The largest absolute Gasteiger partial charge is 0.458 e. The summed E-state index contributed by atoms with van der Waals surface area (Å²) in [6.07, 6.45) is 4.32. The van der Waals surface area contributed by atoms with E-state index >= 15 is 0 Å². The van der Waals surface area contributed by atoms with E-state index in [9.17, 15) is 19.2 Å². The van der Waals surface area contributed by atoms with Gasteiger partial charge in [-0.1, -0.05) is 38.0 Å². The van der Waals surface area contributed by atoms with Crippen LogP contribution >= 0.6 is 0 Å². The number of rotatable bonds is 0. The number of carbonyl (C=O) groups is 4. The molecule has 2 saturated heterocycles. The topological polar surface area (TPSA) is 86.7 Å². The zero-order valence-corrected chi connectivity index (χ0v) is 21.1. The van der Waals surface area contributed by atoms with Gasteiger partial charge in [0.25, 0.3) is 0 Å². The fourth-order valence-electron chi connectivity index (χ4n) is 8.97. The lowest BCUT2D eigenvalue weighted by atomic mass is 9.58. The molecule has 37 heavy (non-hydrogen) atoms. The van der Waals surface area contributed by atoms with Crippen LogP contribution in [0.2, 0.25) is 0 Å². The maximum absolute atomic E-state index is 14.3. The van der Waals surface area contributed by atoms with Gasteiger partial charge in [-0.05, 0) is 56.1 Å². The number of carbonyl (C=O) groups excluding carboxylic acids is 4. The van der Waals surface area contributed by atoms with Crippen LogP contribution in [0.15, 0.2) is 71.4 Å². The molecular weight excluding hydrogens is 468 g/mol. The van der Waals surface area contributed by atoms with E-state index < -0.39 is 35.0 Å². The molecule has 0 amide bonds. The Kier molecular flexibility index (Phi) is 4.31. The van der Waals surface area contributed by atoms with E-state index in [1.165, 1.54) is 0 Å². The number of ether oxygens (including phenoxy) is 2. The molecule has 8 atom stereocenters. The summed E-state index contributed by atoms with van der Waals surface area (Å²) in [7, 11) is 0. The van der Waals surface area contributed by atoms with Gasteiger partial charge < -0.3 is 9.47 Å². The zero-order chi connectivity index (χ0) is 26.2. The smallest absolute Gasteiger partial charge is 0.334 e. The monoisotopic (exact) mass is 498 g/mol. The third-order valence-electron chi connectivity index (χ3n) is 10.9. The molecule has 2 aliphatic heterocycles. The Morgan fingerprint density at radius 2 is 1.59 bits per heavy atom. The molecule has 1 spiro atoms. The van der Waals surface area contributed by atoms with Crippen molar-refractivity contribution in [1.29, 1.82) is 0 Å². The summed E-state index contributed by atoms with van der Waals surface area (Å²) in [5.74, 6) is -2.08. The molecule has 0 bridgehead atoms. The molecule has 0 aromatic heterocycles. The maximum Gasteiger partial charge on any atom is 0.334 e. The molecule has 6 heteroatoms. The highest BCUT2D eigenvalue weighted by molar-refractivity contribution is 6.19. The van der Waals surface area contributed by atoms with Crippen molar-refractivity contribution in [2.24, 2.45) is 34.5 Å². The summed E-state index contributed by atoms with van der Waals surface area (Å²) in [6, 6.07) is 0. The molecule has 6 nitrogen and oxygen atoms in total. The van der Waals surface area contributed by atoms with Crippen molar-refractivity contribution in [2.45, 2.75) is 57.7 Å². The van der Waals surface area contributed by atoms with Crippen LogP contribution in [0.5, 0.6) is 0 Å². The molecule has 3 unspecified atom stereocenters. The summed E-state index contributed by atoms with van der Waals surface area (Å²) in [5, 5.41) is 0. The standard InChI is InChI=1S/C31H30O6/c1-13-6-8-18-14(2)28(34)36-26(18)23-20(13)12-21(32)31(23)11-10-17-7-9-19-15(3)29(35)37-27(19)30(5)16(4)25(33)24(31)22(17)30/h7,18-20,23,26-27H,1-4,6,8-12H2,5H3/t18?,19-,20?,23+,26-,27?,30-,31+/m0/s1. The summed E-state index contributed by atoms with van der Waals surface area (Å²) in [5.41, 5.74) is 2.48. The molecule has 5 aliphatic carbocycles. The van der Waals surface area contributed by atoms with E-state index in [1.807, 2.05) is 6.92 Å². The quantitative estimate of drug-likeness (QED) is 0.281. The predicted octanol–water partition coefficient (Wildman–Crippen LogP) is 4.29. The second kappa shape index (κ2) is 6.97. The van der Waals surface area contributed by atoms with Crippen LogP contribution in [-0.4, -0.2) is 35.7 Å². The minimum atomic E-state index is -1.10. The van der Waals surface area contributed by atoms with E-state index in [0.29, 0.717) is 54.4 Å². The van der Waals surface area contributed by atoms with Crippen LogP contribution in [-0.2, 0) is 28.7 Å². The Hall–Kier alpha value is -3.28. The van der Waals surface area contributed by atoms with E-state index in [1.54, 1.807) is 0 Å². The minimum absolute atomic E-state index is 0.0124. The third-order valence-corrected chi connectivity index (χ3v) is 10.9. The normalized spacial score (nSPS) is 44.3. The second-order valence-corrected chi connectivity index (χ2v) is 12.1. The van der Waals surface area contributed by atoms with Gasteiger partial charge in [0.2, 0.25) is 0 Å². The fourth-order valence-corrected chi connectivity index (χ4v) is 8.97. The number of esters is 2. The van der Waals surface area contributed by atoms with Gasteiger partial charge in [-0.15, -0.1) is 0 Å². The zero-order valence-electron chi connectivity index (χ0n) is 21.1. The number of fused-ring (bicyclic) bond motifs is 7. The van der Waals surface area contributed by atoms with E-state index in [-0.39, 0.29) is 41.7 Å². The minimum Gasteiger partial charge on any atom is -0.458 e. The number of ketones is 2. The van der Waals surface area contributed by atoms with Crippen LogP contribution < -0.4 is 0 Å². The average Bonchev–Trinajstić information content (AvgIpc) is 3.43. The highest BCUT2D eigenvalue weighted by atomic mass is 16.6. The first-order valence-electron chi connectivity index (χ1n) is 13.2. The number of allylic oxidation sites excluding steroid dienone is 4. The van der Waals surface area contributed by atoms with Gasteiger partial charge in [-0.2, -0.15) is 0 Å². The Bertz CT molecular complexity index is 1390. The van der Waals surface area contributed by atoms with Crippen molar-refractivity contribution >= 4 is 23.5 Å². The van der Waals surface area contributed by atoms with Crippen LogP contribution in [0.4, 0.5) is 0 Å². The van der Waals surface area contributed by atoms with Gasteiger partial charge >= 0.3 is 11.9 Å². The molecule has 0 aromatic carbocycles. The summed E-state index contributed by atoms with van der Waals surface area (Å²) in [4.78, 5) is 53.7. The number of hydrogen-bond donors (Lipinski definition) is 0. The molecular formula is C31H30O6. The molecule has 2 saturated carbocycles. The van der Waals surface area contributed by atoms with Gasteiger partial charge in [0.1, 0.15) is 18.0 Å². The predicted molar refractivity (Wildman–Crippen MR) is 134 cm³/mol. The van der Waals surface area contributed by atoms with Crippen LogP contribution in [0.1, 0.15) is 45.4 Å². The number of hydrogen-bond acceptors (Lipinski definition) is 6. The molecule has 190 valence electrons. The second-order valence-electron chi connectivity index (χ2n) is 12.1. The van der Waals surface area contributed by atoms with Gasteiger partial charge in [-0.3, -0.25) is 9.59 Å². The summed E-state index contributed by atoms with van der Waals surface area (Å²) < 4.78 is 11.8. The molecule has 4 fully saturated rings. The molecule has 0 aromatic rings. The highest BCUT2D eigenvalue weighted by Gasteiger charge is 2.70. The highest BCUT2D eigenvalue weighted by Crippen LogP contribution is 2.69. The lowest BCUT2D eigenvalue weighted by molar-refractivity contribution is -0.145. The lowest BCUT2D eigenvalue weighted by Crippen LogP contribution is -2.47. The van der Waals surface area contributed by atoms with E-state index in [2.05, 4.69) is 32.4 Å². The van der Waals surface area contributed by atoms with Crippen LogP contribution in [0.25, 0.3) is 0 Å². The molecule has 2 heterocycles. The van der Waals surface area contributed by atoms with Crippen molar-refractivity contribution < 1.29 is 28.7 Å². The first-order chi connectivity index (χ1) is 17.5. The van der Waals surface area contributed by atoms with Gasteiger partial charge in [0.05, 0.1) is 10.8 Å². The van der Waals surface area contributed by atoms with E-state index in [4.69, 9.17) is 9.47 Å². The average molecular weight is 499 g/mol. The first kappa shape index (κ1) is 22.9. The molecule has 0 N–H and O–H groups in total. The van der Waals surface area contributed by atoms with Crippen molar-refractivity contribution in [3.63, 3.8) is 0 Å². The molecule has 7 aliphatic rings. The van der Waals surface area contributed by atoms with Crippen LogP contribution in [0.3, 0.4) is 0 Å². The van der Waals surface area contributed by atoms with Crippen molar-refractivity contribution in [1.82, 2.24) is 0 Å². The van der Waals surface area contributed by atoms with E-state index in [0.717, 1.165) is 16.7 Å². The molecule has 7 rings (SSSR count). The number of Topliss-reactive ketones (excluding diaryl/α,β-unsaturated/α-hetero) is 2. The van der Waals surface area contributed by atoms with Crippen molar-refractivity contribution in [2.75, 3.05) is 0 Å². The summed E-state index contributed by atoms with van der Waals surface area (Å²) in [6.45, 7) is 18.5. The Balaban J connectivity index is 1.49. The summed E-state index contributed by atoms with van der Waals surface area (Å²) >= 11 is 0. The van der Waals surface area contributed by atoms with Gasteiger partial charge in [-0.25, -0.2) is 9.59 Å². The maximum atomic E-state index is 14.3. The Morgan fingerprint density at radius 3 is 2.35 bits per heavy atom. The lowest BCUT2D eigenvalue weighted by Gasteiger charge is -2.44. The Labute approximate surface area is 215 Å². The van der Waals surface area contributed by atoms with Crippen molar-refractivity contribution in [3.05, 3.63) is 71.4 Å². The van der Waals surface area contributed by atoms with Gasteiger partial charge in [0, 0.05) is 46.5 Å². The Morgan fingerprint density at radius 1 is 0.892 bits per heavy atom. The molecule has 0 radical (unpaired) electrons. The SMILES string of the molecule is C=C1CCC2C(=C)C(=O)O[C@@H]2[C@H]2C1CC(=O)[C@]21CCC2=CC[C@H]3C(=C)C(=O)OC3[C@@]3(C)C(=C)C(=O)C1=C23. The third kappa shape index (κ3) is 2.43. The first-order valence-corrected chi connectivity index (χ1v) is 13.2. The van der Waals surface area contributed by atoms with Gasteiger partial charge in [0.15, 0.2) is 5.78 Å². The van der Waals surface area contributed by atoms with Crippen molar-refractivity contribution in [3.8, 4) is 0 Å². The fraction of sp³-hybridized carbons (Fsp3) is 0.484. The van der Waals surface area contributed by atoms with Crippen LogP contribution in [0, 0.1) is 34.5 Å².